The van der Waals surface area contributed by atoms with Crippen LogP contribution in [0.5, 0.6) is 0 Å². The SMILES string of the molecule is C#CCN(Cc1ccc([Si](C)(C)C)o1)S(=O)(=O)c1ccc(C)cc1. The van der Waals surface area contributed by atoms with Crippen molar-refractivity contribution in [2.24, 2.45) is 0 Å². The summed E-state index contributed by atoms with van der Waals surface area (Å²) in [5, 5.41) is 0.950. The number of terminal acetylenes is 1. The molecule has 0 atom stereocenters. The molecule has 2 aromatic rings. The van der Waals surface area contributed by atoms with Crippen LogP contribution in [-0.2, 0) is 16.6 Å². The molecule has 0 amide bonds. The van der Waals surface area contributed by atoms with Gasteiger partial charge in [0.25, 0.3) is 0 Å². The molecule has 1 aromatic carbocycles. The van der Waals surface area contributed by atoms with E-state index in [9.17, 15) is 8.42 Å². The summed E-state index contributed by atoms with van der Waals surface area (Å²) >= 11 is 0. The highest BCUT2D eigenvalue weighted by Gasteiger charge is 2.26. The topological polar surface area (TPSA) is 50.5 Å². The molecule has 6 heteroatoms. The van der Waals surface area contributed by atoms with E-state index >= 15 is 0 Å². The van der Waals surface area contributed by atoms with Gasteiger partial charge in [0, 0.05) is 0 Å². The van der Waals surface area contributed by atoms with Crippen LogP contribution >= 0.6 is 0 Å². The molecule has 0 spiro atoms. The molecule has 24 heavy (non-hydrogen) atoms. The fraction of sp³-hybridized carbons (Fsp3) is 0.333. The average molecular weight is 362 g/mol. The van der Waals surface area contributed by atoms with Crippen LogP contribution in [0.25, 0.3) is 0 Å². The minimum absolute atomic E-state index is 0.000804. The summed E-state index contributed by atoms with van der Waals surface area (Å²) < 4.78 is 32.8. The van der Waals surface area contributed by atoms with Crippen LogP contribution in [-0.4, -0.2) is 27.3 Å². The highest BCUT2D eigenvalue weighted by molar-refractivity contribution is 7.89. The van der Waals surface area contributed by atoms with Crippen LogP contribution in [0.15, 0.2) is 45.7 Å². The predicted octanol–water partition coefficient (Wildman–Crippen LogP) is 2.96. The number of sulfonamides is 1. The molecule has 128 valence electrons. The van der Waals surface area contributed by atoms with Crippen molar-refractivity contribution in [1.82, 2.24) is 4.31 Å². The van der Waals surface area contributed by atoms with Gasteiger partial charge in [-0.2, -0.15) is 4.31 Å². The molecular formula is C18H23NO3SSi. The molecule has 0 N–H and O–H groups in total. The number of aryl methyl sites for hydroxylation is 1. The lowest BCUT2D eigenvalue weighted by Gasteiger charge is -2.19. The second-order valence-corrected chi connectivity index (χ2v) is 13.7. The largest absolute Gasteiger partial charge is 0.470 e. The smallest absolute Gasteiger partial charge is 0.244 e. The molecule has 0 saturated heterocycles. The summed E-state index contributed by atoms with van der Waals surface area (Å²) in [5.41, 5.74) is 1.00. The highest BCUT2D eigenvalue weighted by Crippen LogP contribution is 2.19. The zero-order valence-electron chi connectivity index (χ0n) is 14.5. The highest BCUT2D eigenvalue weighted by atomic mass is 32.2. The minimum atomic E-state index is -3.66. The molecule has 0 saturated carbocycles. The van der Waals surface area contributed by atoms with Gasteiger partial charge in [-0.1, -0.05) is 43.3 Å². The van der Waals surface area contributed by atoms with Crippen molar-refractivity contribution < 1.29 is 12.8 Å². The van der Waals surface area contributed by atoms with Crippen molar-refractivity contribution in [1.29, 1.82) is 0 Å². The normalized spacial score (nSPS) is 12.3. The molecule has 0 radical (unpaired) electrons. The Labute approximate surface area is 145 Å². The van der Waals surface area contributed by atoms with Crippen molar-refractivity contribution in [2.75, 3.05) is 6.54 Å². The number of nitrogens with zero attached hydrogens (tertiary/aromatic N) is 1. The fourth-order valence-corrected chi connectivity index (χ4v) is 4.57. The lowest BCUT2D eigenvalue weighted by Crippen LogP contribution is -2.36. The third-order valence-corrected chi connectivity index (χ3v) is 7.21. The summed E-state index contributed by atoms with van der Waals surface area (Å²) in [6.07, 6.45) is 5.38. The van der Waals surface area contributed by atoms with E-state index in [1.165, 1.54) is 4.31 Å². The van der Waals surface area contributed by atoms with E-state index in [0.29, 0.717) is 5.76 Å². The number of hydrogen-bond donors (Lipinski definition) is 0. The molecule has 0 fully saturated rings. The molecule has 0 bridgehead atoms. The van der Waals surface area contributed by atoms with E-state index in [2.05, 4.69) is 25.6 Å². The van der Waals surface area contributed by atoms with Crippen molar-refractivity contribution in [3.05, 3.63) is 47.7 Å². The monoisotopic (exact) mass is 361 g/mol. The number of hydrogen-bond acceptors (Lipinski definition) is 3. The third kappa shape index (κ3) is 4.18. The van der Waals surface area contributed by atoms with Crippen LogP contribution in [0.4, 0.5) is 0 Å². The maximum Gasteiger partial charge on any atom is 0.244 e. The average Bonchev–Trinajstić information content (AvgIpc) is 2.96. The molecular weight excluding hydrogens is 338 g/mol. The first-order valence-electron chi connectivity index (χ1n) is 7.74. The van der Waals surface area contributed by atoms with Gasteiger partial charge in [-0.25, -0.2) is 8.42 Å². The summed E-state index contributed by atoms with van der Waals surface area (Å²) in [5.74, 6) is 3.04. The molecule has 0 aliphatic heterocycles. The summed E-state index contributed by atoms with van der Waals surface area (Å²) in [7, 11) is -5.24. The lowest BCUT2D eigenvalue weighted by molar-refractivity contribution is 0.396. The lowest BCUT2D eigenvalue weighted by atomic mass is 10.2. The van der Waals surface area contributed by atoms with E-state index in [4.69, 9.17) is 10.8 Å². The van der Waals surface area contributed by atoms with Crippen molar-refractivity contribution in [2.45, 2.75) is 38.0 Å². The molecule has 4 nitrogen and oxygen atoms in total. The Bertz CT molecular complexity index is 840. The van der Waals surface area contributed by atoms with Crippen molar-refractivity contribution in [3.8, 4) is 12.3 Å². The first-order chi connectivity index (χ1) is 11.1. The zero-order chi connectivity index (χ0) is 18.0. The van der Waals surface area contributed by atoms with Gasteiger partial charge in [0.2, 0.25) is 10.0 Å². The Hall–Kier alpha value is -1.81. The van der Waals surface area contributed by atoms with E-state index in [0.717, 1.165) is 10.9 Å². The number of benzene rings is 1. The minimum Gasteiger partial charge on any atom is -0.470 e. The second kappa shape index (κ2) is 6.97. The number of furan rings is 1. The standard InChI is InChI=1S/C18H23NO3SSi/c1-6-13-19(14-16-9-12-18(22-16)24(3,4)5)23(20,21)17-10-7-15(2)8-11-17/h1,7-12H,13-14H2,2-5H3. The van der Waals surface area contributed by atoms with E-state index in [1.54, 1.807) is 24.3 Å². The zero-order valence-corrected chi connectivity index (χ0v) is 16.4. The number of rotatable bonds is 6. The summed E-state index contributed by atoms with van der Waals surface area (Å²) in [4.78, 5) is 0.236. The van der Waals surface area contributed by atoms with Gasteiger partial charge in [0.15, 0.2) is 0 Å². The predicted molar refractivity (Wildman–Crippen MR) is 99.3 cm³/mol. The van der Waals surface area contributed by atoms with Gasteiger partial charge in [-0.15, -0.1) is 6.42 Å². The van der Waals surface area contributed by atoms with Gasteiger partial charge >= 0.3 is 0 Å². The van der Waals surface area contributed by atoms with Crippen LogP contribution in [0.2, 0.25) is 19.6 Å². The Kier molecular flexibility index (Phi) is 5.38. The van der Waals surface area contributed by atoms with Crippen LogP contribution in [0.3, 0.4) is 0 Å². The first-order valence-corrected chi connectivity index (χ1v) is 12.7. The fourth-order valence-electron chi connectivity index (χ4n) is 2.23. The first kappa shape index (κ1) is 18.5. The molecule has 1 heterocycles. The summed E-state index contributed by atoms with van der Waals surface area (Å²) in [6, 6.07) is 10.5. The Morgan fingerprint density at radius 2 is 1.75 bits per heavy atom. The third-order valence-electron chi connectivity index (χ3n) is 3.66. The Morgan fingerprint density at radius 3 is 2.25 bits per heavy atom. The molecule has 1 aromatic heterocycles. The Morgan fingerprint density at radius 1 is 1.12 bits per heavy atom. The van der Waals surface area contributed by atoms with Crippen LogP contribution in [0, 0.1) is 19.3 Å². The molecule has 0 aliphatic carbocycles. The van der Waals surface area contributed by atoms with Crippen LogP contribution < -0.4 is 5.38 Å². The molecule has 0 aliphatic rings. The van der Waals surface area contributed by atoms with E-state index < -0.39 is 18.1 Å². The Balaban J connectivity index is 2.31. The van der Waals surface area contributed by atoms with Gasteiger partial charge < -0.3 is 4.42 Å². The molecule has 2 rings (SSSR count). The van der Waals surface area contributed by atoms with Crippen LogP contribution in [0.1, 0.15) is 11.3 Å². The maximum atomic E-state index is 12.8. The van der Waals surface area contributed by atoms with E-state index in [1.807, 2.05) is 19.1 Å². The van der Waals surface area contributed by atoms with Gasteiger partial charge in [0.05, 0.1) is 23.4 Å². The van der Waals surface area contributed by atoms with Gasteiger partial charge in [0.1, 0.15) is 13.8 Å². The van der Waals surface area contributed by atoms with Gasteiger partial charge in [-0.05, 0) is 31.2 Å². The van der Waals surface area contributed by atoms with E-state index in [-0.39, 0.29) is 18.0 Å². The van der Waals surface area contributed by atoms with Crippen molar-refractivity contribution >= 4 is 23.5 Å². The summed E-state index contributed by atoms with van der Waals surface area (Å²) in [6.45, 7) is 8.58. The quantitative estimate of drug-likeness (QED) is 0.587. The maximum absolute atomic E-state index is 12.8. The van der Waals surface area contributed by atoms with Crippen molar-refractivity contribution in [3.63, 3.8) is 0 Å². The molecule has 0 unspecified atom stereocenters. The van der Waals surface area contributed by atoms with Gasteiger partial charge in [-0.3, -0.25) is 0 Å². The second-order valence-electron chi connectivity index (χ2n) is 6.81.